The third-order valence-electron chi connectivity index (χ3n) is 5.74. The summed E-state index contributed by atoms with van der Waals surface area (Å²) in [7, 11) is -0.791. The van der Waals surface area contributed by atoms with Gasteiger partial charge in [0, 0.05) is 19.7 Å². The highest BCUT2D eigenvalue weighted by Crippen LogP contribution is 2.36. The molecule has 190 valence electrons. The zero-order valence-corrected chi connectivity index (χ0v) is 21.1. The maximum absolute atomic E-state index is 13.7. The Bertz CT molecular complexity index is 1170. The standard InChI is InChI=1S/C24H31N3O7S/c1-5-20(24(29)25-3)26(14-17-8-7-9-19(12-17)32-4)23(28)15-27(35(30,31)6-2)18-10-11-21-22(13-18)34-16-33-21/h7-13,20H,5-6,14-16H2,1-4H3,(H,25,29)/t20-/m1/s1. The van der Waals surface area contributed by atoms with Gasteiger partial charge in [-0.2, -0.15) is 0 Å². The lowest BCUT2D eigenvalue weighted by molar-refractivity contribution is -0.140. The van der Waals surface area contributed by atoms with Gasteiger partial charge in [0.25, 0.3) is 0 Å². The summed E-state index contributed by atoms with van der Waals surface area (Å²) in [6, 6.07) is 11.1. The summed E-state index contributed by atoms with van der Waals surface area (Å²) in [6.07, 6.45) is 0.347. The molecule has 2 aromatic rings. The van der Waals surface area contributed by atoms with Crippen molar-refractivity contribution in [3.63, 3.8) is 0 Å². The maximum Gasteiger partial charge on any atom is 0.244 e. The van der Waals surface area contributed by atoms with E-state index in [4.69, 9.17) is 14.2 Å². The van der Waals surface area contributed by atoms with Crippen LogP contribution in [0, 0.1) is 0 Å². The van der Waals surface area contributed by atoms with Crippen LogP contribution in [-0.4, -0.2) is 64.4 Å². The van der Waals surface area contributed by atoms with Gasteiger partial charge in [-0.25, -0.2) is 8.42 Å². The van der Waals surface area contributed by atoms with Crippen LogP contribution in [0.25, 0.3) is 0 Å². The number of likely N-dealkylation sites (N-methyl/N-ethyl adjacent to an activating group) is 1. The number of ether oxygens (including phenoxy) is 3. The molecular weight excluding hydrogens is 474 g/mol. The van der Waals surface area contributed by atoms with Gasteiger partial charge < -0.3 is 24.4 Å². The lowest BCUT2D eigenvalue weighted by atomic mass is 10.1. The summed E-state index contributed by atoms with van der Waals surface area (Å²) in [5, 5.41) is 2.59. The van der Waals surface area contributed by atoms with Crippen molar-refractivity contribution in [1.82, 2.24) is 10.2 Å². The molecule has 0 saturated heterocycles. The fourth-order valence-corrected chi connectivity index (χ4v) is 4.87. The smallest absolute Gasteiger partial charge is 0.244 e. The SMILES string of the molecule is CC[C@H](C(=O)NC)N(Cc1cccc(OC)c1)C(=O)CN(c1ccc2c(c1)OCO2)S(=O)(=O)CC. The Morgan fingerprint density at radius 2 is 1.86 bits per heavy atom. The molecule has 1 atom stereocenters. The van der Waals surface area contributed by atoms with E-state index in [0.29, 0.717) is 23.7 Å². The highest BCUT2D eigenvalue weighted by Gasteiger charge is 2.32. The Balaban J connectivity index is 1.97. The number of amides is 2. The highest BCUT2D eigenvalue weighted by atomic mass is 32.2. The Labute approximate surface area is 205 Å². The molecule has 0 unspecified atom stereocenters. The molecule has 0 spiro atoms. The first kappa shape index (κ1) is 26.1. The van der Waals surface area contributed by atoms with E-state index in [0.717, 1.165) is 9.87 Å². The number of nitrogens with zero attached hydrogens (tertiary/aromatic N) is 2. The predicted octanol–water partition coefficient (Wildman–Crippen LogP) is 2.13. The predicted molar refractivity (Wildman–Crippen MR) is 131 cm³/mol. The van der Waals surface area contributed by atoms with E-state index >= 15 is 0 Å². The lowest BCUT2D eigenvalue weighted by Crippen LogP contribution is -2.52. The van der Waals surface area contributed by atoms with Crippen molar-refractivity contribution in [2.45, 2.75) is 32.9 Å². The lowest BCUT2D eigenvalue weighted by Gasteiger charge is -2.33. The summed E-state index contributed by atoms with van der Waals surface area (Å²) >= 11 is 0. The molecular formula is C24H31N3O7S. The number of rotatable bonds is 11. The van der Waals surface area contributed by atoms with Crippen LogP contribution in [0.2, 0.25) is 0 Å². The second kappa shape index (κ2) is 11.3. The summed E-state index contributed by atoms with van der Waals surface area (Å²) in [6.45, 7) is 2.96. The fraction of sp³-hybridized carbons (Fsp3) is 0.417. The topological polar surface area (TPSA) is 114 Å². The van der Waals surface area contributed by atoms with Crippen molar-refractivity contribution < 1.29 is 32.2 Å². The average molecular weight is 506 g/mol. The van der Waals surface area contributed by atoms with Crippen molar-refractivity contribution >= 4 is 27.5 Å². The van der Waals surface area contributed by atoms with Crippen LogP contribution < -0.4 is 23.8 Å². The van der Waals surface area contributed by atoms with Crippen LogP contribution in [0.1, 0.15) is 25.8 Å². The maximum atomic E-state index is 13.7. The van der Waals surface area contributed by atoms with Gasteiger partial charge in [0.05, 0.1) is 18.6 Å². The first-order valence-electron chi connectivity index (χ1n) is 11.3. The third-order valence-corrected chi connectivity index (χ3v) is 7.48. The van der Waals surface area contributed by atoms with E-state index in [2.05, 4.69) is 5.32 Å². The van der Waals surface area contributed by atoms with Crippen LogP contribution in [0.15, 0.2) is 42.5 Å². The highest BCUT2D eigenvalue weighted by molar-refractivity contribution is 7.92. The molecule has 2 aromatic carbocycles. The van der Waals surface area contributed by atoms with Crippen LogP contribution in [0.4, 0.5) is 5.69 Å². The number of benzene rings is 2. The minimum atomic E-state index is -3.83. The first-order chi connectivity index (χ1) is 16.7. The van der Waals surface area contributed by atoms with Crippen molar-refractivity contribution in [3.05, 3.63) is 48.0 Å². The van der Waals surface area contributed by atoms with E-state index in [-0.39, 0.29) is 30.7 Å². The largest absolute Gasteiger partial charge is 0.497 e. The molecule has 1 heterocycles. The quantitative estimate of drug-likeness (QED) is 0.498. The minimum absolute atomic E-state index is 0.0386. The minimum Gasteiger partial charge on any atom is -0.497 e. The summed E-state index contributed by atoms with van der Waals surface area (Å²) in [5.41, 5.74) is 1.02. The Kier molecular flexibility index (Phi) is 8.44. The molecule has 3 rings (SSSR count). The Morgan fingerprint density at radius 3 is 2.51 bits per heavy atom. The summed E-state index contributed by atoms with van der Waals surface area (Å²) < 4.78 is 43.1. The zero-order valence-electron chi connectivity index (χ0n) is 20.3. The number of nitrogens with one attached hydrogen (secondary N) is 1. The number of fused-ring (bicyclic) bond motifs is 1. The number of hydrogen-bond donors (Lipinski definition) is 1. The summed E-state index contributed by atoms with van der Waals surface area (Å²) in [5.74, 6) is 0.445. The number of anilines is 1. The second-order valence-electron chi connectivity index (χ2n) is 7.86. The molecule has 1 N–H and O–H groups in total. The number of methoxy groups -OCH3 is 1. The number of carbonyl (C=O) groups is 2. The first-order valence-corrected chi connectivity index (χ1v) is 12.9. The van der Waals surface area contributed by atoms with Gasteiger partial charge in [0.1, 0.15) is 18.3 Å². The molecule has 2 amide bonds. The molecule has 0 aliphatic carbocycles. The summed E-state index contributed by atoms with van der Waals surface area (Å²) in [4.78, 5) is 27.7. The number of hydrogen-bond acceptors (Lipinski definition) is 7. The van der Waals surface area contributed by atoms with Crippen molar-refractivity contribution in [2.24, 2.45) is 0 Å². The monoisotopic (exact) mass is 505 g/mol. The molecule has 1 aliphatic heterocycles. The molecule has 0 saturated carbocycles. The zero-order chi connectivity index (χ0) is 25.6. The molecule has 0 fully saturated rings. The van der Waals surface area contributed by atoms with Crippen LogP contribution in [0.5, 0.6) is 17.2 Å². The van der Waals surface area contributed by atoms with Crippen molar-refractivity contribution in [1.29, 1.82) is 0 Å². The van der Waals surface area contributed by atoms with E-state index in [1.165, 1.54) is 24.9 Å². The van der Waals surface area contributed by atoms with E-state index < -0.39 is 28.5 Å². The average Bonchev–Trinajstić information content (AvgIpc) is 3.34. The van der Waals surface area contributed by atoms with E-state index in [9.17, 15) is 18.0 Å². The number of sulfonamides is 1. The molecule has 0 bridgehead atoms. The van der Waals surface area contributed by atoms with E-state index in [1.807, 2.05) is 6.07 Å². The molecule has 35 heavy (non-hydrogen) atoms. The van der Waals surface area contributed by atoms with Gasteiger partial charge in [-0.3, -0.25) is 13.9 Å². The molecule has 0 aromatic heterocycles. The van der Waals surface area contributed by atoms with E-state index in [1.54, 1.807) is 44.4 Å². The van der Waals surface area contributed by atoms with Crippen LogP contribution >= 0.6 is 0 Å². The van der Waals surface area contributed by atoms with Gasteiger partial charge in [-0.15, -0.1) is 0 Å². The molecule has 11 heteroatoms. The third kappa shape index (κ3) is 5.97. The van der Waals surface area contributed by atoms with Gasteiger partial charge in [0.15, 0.2) is 11.5 Å². The number of carbonyl (C=O) groups excluding carboxylic acids is 2. The Morgan fingerprint density at radius 1 is 1.11 bits per heavy atom. The van der Waals surface area contributed by atoms with Crippen LogP contribution in [-0.2, 0) is 26.2 Å². The van der Waals surface area contributed by atoms with Gasteiger partial charge >= 0.3 is 0 Å². The Hall–Kier alpha value is -3.47. The molecule has 1 aliphatic rings. The van der Waals surface area contributed by atoms with Gasteiger partial charge in [0.2, 0.25) is 28.6 Å². The van der Waals surface area contributed by atoms with Gasteiger partial charge in [-0.05, 0) is 43.2 Å². The normalized spacial score (nSPS) is 13.1. The fourth-order valence-electron chi connectivity index (χ4n) is 3.81. The molecule has 0 radical (unpaired) electrons. The second-order valence-corrected chi connectivity index (χ2v) is 10.0. The van der Waals surface area contributed by atoms with Gasteiger partial charge in [-0.1, -0.05) is 19.1 Å². The van der Waals surface area contributed by atoms with Crippen molar-refractivity contribution in [2.75, 3.05) is 37.6 Å². The molecule has 10 nitrogen and oxygen atoms in total. The van der Waals surface area contributed by atoms with Crippen molar-refractivity contribution in [3.8, 4) is 17.2 Å². The van der Waals surface area contributed by atoms with Crippen LogP contribution in [0.3, 0.4) is 0 Å².